The van der Waals surface area contributed by atoms with Gasteiger partial charge in [0.1, 0.15) is 11.5 Å². The number of nitrogens with two attached hydrogens (primary N) is 1. The highest BCUT2D eigenvalue weighted by Gasteiger charge is 2.28. The smallest absolute Gasteiger partial charge is 0.121 e. The molecule has 0 spiro atoms. The lowest BCUT2D eigenvalue weighted by Crippen LogP contribution is -2.21. The third-order valence-electron chi connectivity index (χ3n) is 3.95. The molecule has 0 radical (unpaired) electrons. The van der Waals surface area contributed by atoms with E-state index in [0.717, 1.165) is 30.8 Å². The monoisotopic (exact) mass is 241 g/mol. The molecule has 2 N–H and O–H groups in total. The van der Waals surface area contributed by atoms with Gasteiger partial charge in [-0.25, -0.2) is 0 Å². The first kappa shape index (κ1) is 11.5. The molecule has 2 heteroatoms. The number of benzene rings is 1. The lowest BCUT2D eigenvalue weighted by atomic mass is 9.95. The van der Waals surface area contributed by atoms with Crippen LogP contribution in [0.1, 0.15) is 35.6 Å². The molecule has 1 unspecified atom stereocenters. The zero-order valence-electron chi connectivity index (χ0n) is 10.7. The van der Waals surface area contributed by atoms with E-state index < -0.39 is 0 Å². The minimum absolute atomic E-state index is 0.0118. The maximum atomic E-state index is 6.35. The van der Waals surface area contributed by atoms with Crippen molar-refractivity contribution in [1.29, 1.82) is 0 Å². The Labute approximate surface area is 108 Å². The first-order valence-electron chi connectivity index (χ1n) is 6.69. The number of hydrogen-bond acceptors (Lipinski definition) is 2. The Balaban J connectivity index is 1.77. The van der Waals surface area contributed by atoms with Gasteiger partial charge in [-0.05, 0) is 42.0 Å². The number of fused-ring (bicyclic) bond motifs is 1. The fourth-order valence-corrected chi connectivity index (χ4v) is 2.84. The van der Waals surface area contributed by atoms with Crippen LogP contribution in [0, 0.1) is 5.92 Å². The minimum atomic E-state index is 0.0118. The van der Waals surface area contributed by atoms with E-state index in [0.29, 0.717) is 5.92 Å². The lowest BCUT2D eigenvalue weighted by molar-refractivity contribution is 0.362. The average molecular weight is 241 g/mol. The van der Waals surface area contributed by atoms with E-state index in [9.17, 15) is 0 Å². The number of hydrogen-bond donors (Lipinski definition) is 1. The number of aryl methyl sites for hydroxylation is 1. The second-order valence-electron chi connectivity index (χ2n) is 5.12. The predicted molar refractivity (Wildman–Crippen MR) is 72.4 cm³/mol. The molecular weight excluding hydrogens is 222 g/mol. The highest BCUT2D eigenvalue weighted by Crippen LogP contribution is 2.34. The van der Waals surface area contributed by atoms with E-state index in [1.807, 2.05) is 12.1 Å². The van der Waals surface area contributed by atoms with Crippen molar-refractivity contribution < 1.29 is 4.42 Å². The van der Waals surface area contributed by atoms with Gasteiger partial charge in [0.05, 0.1) is 6.04 Å². The lowest BCUT2D eigenvalue weighted by Gasteiger charge is -2.16. The van der Waals surface area contributed by atoms with Crippen molar-refractivity contribution in [3.63, 3.8) is 0 Å². The van der Waals surface area contributed by atoms with Gasteiger partial charge in [0.2, 0.25) is 0 Å². The summed E-state index contributed by atoms with van der Waals surface area (Å²) in [6, 6.07) is 12.7. The SMILES string of the molecule is CCc1ccc(C(N)C2Cc3ccccc3C2)o1. The van der Waals surface area contributed by atoms with Crippen LogP contribution in [-0.4, -0.2) is 0 Å². The van der Waals surface area contributed by atoms with Gasteiger partial charge in [-0.15, -0.1) is 0 Å². The van der Waals surface area contributed by atoms with E-state index in [2.05, 4.69) is 31.2 Å². The Hall–Kier alpha value is -1.54. The minimum Gasteiger partial charge on any atom is -0.464 e. The predicted octanol–water partition coefficient (Wildman–Crippen LogP) is 3.26. The van der Waals surface area contributed by atoms with Crippen molar-refractivity contribution in [2.24, 2.45) is 11.7 Å². The van der Waals surface area contributed by atoms with E-state index in [1.165, 1.54) is 11.1 Å². The first-order chi connectivity index (χ1) is 8.78. The molecule has 0 saturated heterocycles. The maximum absolute atomic E-state index is 6.35. The van der Waals surface area contributed by atoms with Gasteiger partial charge in [-0.2, -0.15) is 0 Å². The molecule has 1 aliphatic carbocycles. The maximum Gasteiger partial charge on any atom is 0.121 e. The van der Waals surface area contributed by atoms with Crippen LogP contribution >= 0.6 is 0 Å². The van der Waals surface area contributed by atoms with Crippen molar-refractivity contribution in [2.45, 2.75) is 32.2 Å². The highest BCUT2D eigenvalue weighted by molar-refractivity contribution is 5.33. The summed E-state index contributed by atoms with van der Waals surface area (Å²) < 4.78 is 5.78. The third-order valence-corrected chi connectivity index (χ3v) is 3.95. The summed E-state index contributed by atoms with van der Waals surface area (Å²) in [7, 11) is 0. The molecular formula is C16H19NO. The van der Waals surface area contributed by atoms with Crippen LogP contribution in [0.25, 0.3) is 0 Å². The number of rotatable bonds is 3. The van der Waals surface area contributed by atoms with Gasteiger partial charge < -0.3 is 10.2 Å². The first-order valence-corrected chi connectivity index (χ1v) is 6.69. The van der Waals surface area contributed by atoms with E-state index in [-0.39, 0.29) is 6.04 Å². The molecule has 0 saturated carbocycles. The van der Waals surface area contributed by atoms with E-state index in [1.54, 1.807) is 0 Å². The van der Waals surface area contributed by atoms with Gasteiger partial charge >= 0.3 is 0 Å². The zero-order chi connectivity index (χ0) is 12.5. The fraction of sp³-hybridized carbons (Fsp3) is 0.375. The van der Waals surface area contributed by atoms with Crippen molar-refractivity contribution in [1.82, 2.24) is 0 Å². The Kier molecular flexibility index (Phi) is 2.96. The van der Waals surface area contributed by atoms with E-state index >= 15 is 0 Å². The summed E-state index contributed by atoms with van der Waals surface area (Å²) >= 11 is 0. The molecule has 1 atom stereocenters. The van der Waals surface area contributed by atoms with Gasteiger partial charge in [-0.3, -0.25) is 0 Å². The Morgan fingerprint density at radius 3 is 2.39 bits per heavy atom. The second kappa shape index (κ2) is 4.62. The summed E-state index contributed by atoms with van der Waals surface area (Å²) in [6.07, 6.45) is 3.07. The molecule has 2 nitrogen and oxygen atoms in total. The van der Waals surface area contributed by atoms with Crippen LogP contribution in [-0.2, 0) is 19.3 Å². The quantitative estimate of drug-likeness (QED) is 0.895. The largest absolute Gasteiger partial charge is 0.464 e. The normalized spacial score (nSPS) is 16.8. The molecule has 94 valence electrons. The standard InChI is InChI=1S/C16H19NO/c1-2-14-7-8-15(18-14)16(17)13-9-11-5-3-4-6-12(11)10-13/h3-8,13,16H,2,9-10,17H2,1H3. The average Bonchev–Trinajstić information content (AvgIpc) is 3.04. The molecule has 18 heavy (non-hydrogen) atoms. The Morgan fingerprint density at radius 1 is 1.17 bits per heavy atom. The van der Waals surface area contributed by atoms with E-state index in [4.69, 9.17) is 10.2 Å². The molecule has 1 aromatic carbocycles. The van der Waals surface area contributed by atoms with Crippen molar-refractivity contribution >= 4 is 0 Å². The third kappa shape index (κ3) is 1.97. The van der Waals surface area contributed by atoms with Gasteiger partial charge in [0.15, 0.2) is 0 Å². The Morgan fingerprint density at radius 2 is 1.83 bits per heavy atom. The molecule has 1 aromatic heterocycles. The molecule has 0 bridgehead atoms. The second-order valence-corrected chi connectivity index (χ2v) is 5.12. The summed E-state index contributed by atoms with van der Waals surface area (Å²) in [6.45, 7) is 2.10. The van der Waals surface area contributed by atoms with Crippen molar-refractivity contribution in [2.75, 3.05) is 0 Å². The molecule has 3 rings (SSSR count). The fourth-order valence-electron chi connectivity index (χ4n) is 2.84. The molecule has 0 amide bonds. The molecule has 0 aliphatic heterocycles. The summed E-state index contributed by atoms with van der Waals surface area (Å²) in [4.78, 5) is 0. The van der Waals surface area contributed by atoms with Crippen LogP contribution in [0.4, 0.5) is 0 Å². The number of furan rings is 1. The van der Waals surface area contributed by atoms with Crippen LogP contribution in [0.3, 0.4) is 0 Å². The molecule has 2 aromatic rings. The Bertz CT molecular complexity index is 519. The van der Waals surface area contributed by atoms with Crippen molar-refractivity contribution in [3.05, 3.63) is 59.0 Å². The highest BCUT2D eigenvalue weighted by atomic mass is 16.3. The molecule has 0 fully saturated rings. The van der Waals surface area contributed by atoms with Crippen LogP contribution in [0.15, 0.2) is 40.8 Å². The van der Waals surface area contributed by atoms with Crippen LogP contribution < -0.4 is 5.73 Å². The van der Waals surface area contributed by atoms with Crippen molar-refractivity contribution in [3.8, 4) is 0 Å². The zero-order valence-corrected chi connectivity index (χ0v) is 10.7. The van der Waals surface area contributed by atoms with Crippen LogP contribution in [0.2, 0.25) is 0 Å². The molecule has 1 aliphatic rings. The summed E-state index contributed by atoms with van der Waals surface area (Å²) in [5, 5.41) is 0. The molecule has 1 heterocycles. The van der Waals surface area contributed by atoms with Gasteiger partial charge in [0, 0.05) is 6.42 Å². The van der Waals surface area contributed by atoms with Gasteiger partial charge in [-0.1, -0.05) is 31.2 Å². The van der Waals surface area contributed by atoms with Crippen LogP contribution in [0.5, 0.6) is 0 Å². The summed E-state index contributed by atoms with van der Waals surface area (Å²) in [5.41, 5.74) is 9.24. The topological polar surface area (TPSA) is 39.2 Å². The summed E-state index contributed by atoms with van der Waals surface area (Å²) in [5.74, 6) is 2.43. The van der Waals surface area contributed by atoms with Gasteiger partial charge in [0.25, 0.3) is 0 Å².